The van der Waals surface area contributed by atoms with Gasteiger partial charge in [0.25, 0.3) is 0 Å². The molecule has 0 saturated heterocycles. The maximum absolute atomic E-state index is 11.8. The van der Waals surface area contributed by atoms with Crippen LogP contribution >= 0.6 is 0 Å². The second-order valence-electron chi connectivity index (χ2n) is 4.52. The molecule has 0 aromatic carbocycles. The van der Waals surface area contributed by atoms with Gasteiger partial charge in [-0.05, 0) is 26.2 Å². The topological polar surface area (TPSA) is 74.7 Å². The van der Waals surface area contributed by atoms with Crippen molar-refractivity contribution in [2.45, 2.75) is 45.4 Å². The van der Waals surface area contributed by atoms with Crippen molar-refractivity contribution in [2.24, 2.45) is 5.92 Å². The number of rotatable bonds is 6. The highest BCUT2D eigenvalue weighted by Crippen LogP contribution is 2.16. The SMILES string of the molecule is CC(C)CC(C)N(C)S(=O)(=O)C(C)C(=O)O. The zero-order chi connectivity index (χ0) is 13.1. The van der Waals surface area contributed by atoms with Gasteiger partial charge in [0.15, 0.2) is 5.25 Å². The van der Waals surface area contributed by atoms with E-state index in [0.717, 1.165) is 4.31 Å². The maximum atomic E-state index is 11.8. The average molecular weight is 251 g/mol. The highest BCUT2D eigenvalue weighted by atomic mass is 32.2. The van der Waals surface area contributed by atoms with Crippen LogP contribution in [0.5, 0.6) is 0 Å². The lowest BCUT2D eigenvalue weighted by Crippen LogP contribution is -2.43. The van der Waals surface area contributed by atoms with Gasteiger partial charge in [0.2, 0.25) is 10.0 Å². The minimum absolute atomic E-state index is 0.188. The Bertz CT molecular complexity index is 337. The summed E-state index contributed by atoms with van der Waals surface area (Å²) in [5.41, 5.74) is 0. The number of aliphatic carboxylic acids is 1. The molecule has 0 radical (unpaired) electrons. The van der Waals surface area contributed by atoms with E-state index in [1.165, 1.54) is 14.0 Å². The Morgan fingerprint density at radius 1 is 1.25 bits per heavy atom. The minimum Gasteiger partial charge on any atom is -0.480 e. The fraction of sp³-hybridized carbons (Fsp3) is 0.900. The Balaban J connectivity index is 4.83. The Morgan fingerprint density at radius 2 is 1.69 bits per heavy atom. The largest absolute Gasteiger partial charge is 0.480 e. The van der Waals surface area contributed by atoms with E-state index >= 15 is 0 Å². The van der Waals surface area contributed by atoms with Crippen LogP contribution in [0.2, 0.25) is 0 Å². The van der Waals surface area contributed by atoms with Gasteiger partial charge in [-0.1, -0.05) is 13.8 Å². The predicted octanol–water partition coefficient (Wildman–Crippen LogP) is 1.16. The van der Waals surface area contributed by atoms with Crippen molar-refractivity contribution in [3.05, 3.63) is 0 Å². The van der Waals surface area contributed by atoms with Crippen molar-refractivity contribution in [3.63, 3.8) is 0 Å². The summed E-state index contributed by atoms with van der Waals surface area (Å²) >= 11 is 0. The molecule has 5 nitrogen and oxygen atoms in total. The van der Waals surface area contributed by atoms with Crippen molar-refractivity contribution < 1.29 is 18.3 Å². The van der Waals surface area contributed by atoms with Gasteiger partial charge in [-0.15, -0.1) is 0 Å². The van der Waals surface area contributed by atoms with E-state index in [1.807, 2.05) is 13.8 Å². The molecular weight excluding hydrogens is 230 g/mol. The van der Waals surface area contributed by atoms with Crippen LogP contribution in [0.25, 0.3) is 0 Å². The van der Waals surface area contributed by atoms with E-state index in [1.54, 1.807) is 6.92 Å². The van der Waals surface area contributed by atoms with E-state index in [0.29, 0.717) is 12.3 Å². The third-order valence-electron chi connectivity index (χ3n) is 2.63. The van der Waals surface area contributed by atoms with Gasteiger partial charge in [0, 0.05) is 13.1 Å². The van der Waals surface area contributed by atoms with Crippen LogP contribution in [0.15, 0.2) is 0 Å². The standard InChI is InChI=1S/C10H21NO4S/c1-7(2)6-8(3)11(5)16(14,15)9(4)10(12)13/h7-9H,6H2,1-5H3,(H,12,13). The van der Waals surface area contributed by atoms with Crippen molar-refractivity contribution in [2.75, 3.05) is 7.05 Å². The van der Waals surface area contributed by atoms with E-state index in [9.17, 15) is 13.2 Å². The summed E-state index contributed by atoms with van der Waals surface area (Å²) in [7, 11) is -2.32. The maximum Gasteiger partial charge on any atom is 0.323 e. The molecule has 0 aliphatic heterocycles. The smallest absolute Gasteiger partial charge is 0.323 e. The molecule has 2 unspecified atom stereocenters. The molecule has 0 rings (SSSR count). The first kappa shape index (κ1) is 15.4. The Hall–Kier alpha value is -0.620. The van der Waals surface area contributed by atoms with Crippen molar-refractivity contribution in [1.82, 2.24) is 4.31 Å². The summed E-state index contributed by atoms with van der Waals surface area (Å²) in [5.74, 6) is -0.948. The molecule has 16 heavy (non-hydrogen) atoms. The van der Waals surface area contributed by atoms with Crippen LogP contribution in [-0.4, -0.2) is 42.1 Å². The van der Waals surface area contributed by atoms with Gasteiger partial charge in [0.05, 0.1) is 0 Å². The third-order valence-corrected chi connectivity index (χ3v) is 4.89. The quantitative estimate of drug-likeness (QED) is 0.768. The summed E-state index contributed by atoms with van der Waals surface area (Å²) in [6.07, 6.45) is 0.710. The normalized spacial score (nSPS) is 16.4. The highest BCUT2D eigenvalue weighted by Gasteiger charge is 2.34. The average Bonchev–Trinajstić information content (AvgIpc) is 2.13. The Labute approximate surface area is 97.5 Å². The van der Waals surface area contributed by atoms with Crippen LogP contribution in [0.3, 0.4) is 0 Å². The number of carbonyl (C=O) groups is 1. The van der Waals surface area contributed by atoms with Crippen LogP contribution in [-0.2, 0) is 14.8 Å². The molecule has 0 aliphatic carbocycles. The van der Waals surface area contributed by atoms with Crippen LogP contribution < -0.4 is 0 Å². The molecule has 0 fully saturated rings. The molecule has 0 bridgehead atoms. The summed E-state index contributed by atoms with van der Waals surface area (Å²) < 4.78 is 24.8. The first-order valence-electron chi connectivity index (χ1n) is 5.30. The fourth-order valence-corrected chi connectivity index (χ4v) is 2.80. The lowest BCUT2D eigenvalue weighted by molar-refractivity contribution is -0.136. The number of hydrogen-bond acceptors (Lipinski definition) is 3. The monoisotopic (exact) mass is 251 g/mol. The molecule has 0 spiro atoms. The Kier molecular flexibility index (Phi) is 5.41. The van der Waals surface area contributed by atoms with Crippen molar-refractivity contribution >= 4 is 16.0 Å². The van der Waals surface area contributed by atoms with E-state index < -0.39 is 21.2 Å². The number of hydrogen-bond donors (Lipinski definition) is 1. The molecule has 0 aromatic rings. The first-order valence-corrected chi connectivity index (χ1v) is 6.80. The summed E-state index contributed by atoms with van der Waals surface area (Å²) in [6.45, 7) is 6.97. The van der Waals surface area contributed by atoms with Crippen molar-refractivity contribution in [1.29, 1.82) is 0 Å². The van der Waals surface area contributed by atoms with Gasteiger partial charge >= 0.3 is 5.97 Å². The van der Waals surface area contributed by atoms with Crippen LogP contribution in [0.4, 0.5) is 0 Å². The minimum atomic E-state index is -3.75. The number of nitrogens with zero attached hydrogens (tertiary/aromatic N) is 1. The second kappa shape index (κ2) is 5.63. The molecule has 0 aromatic heterocycles. The van der Waals surface area contributed by atoms with Gasteiger partial charge in [-0.25, -0.2) is 12.7 Å². The summed E-state index contributed by atoms with van der Waals surface area (Å²) in [6, 6.07) is -0.188. The van der Waals surface area contributed by atoms with Gasteiger partial charge in [-0.3, -0.25) is 4.79 Å². The van der Waals surface area contributed by atoms with Crippen LogP contribution in [0.1, 0.15) is 34.1 Å². The van der Waals surface area contributed by atoms with Gasteiger partial charge in [0.1, 0.15) is 0 Å². The third kappa shape index (κ3) is 3.75. The molecule has 0 aliphatic rings. The molecule has 2 atom stereocenters. The van der Waals surface area contributed by atoms with Crippen LogP contribution in [0, 0.1) is 5.92 Å². The van der Waals surface area contributed by atoms with Crippen molar-refractivity contribution in [3.8, 4) is 0 Å². The number of sulfonamides is 1. The van der Waals surface area contributed by atoms with E-state index in [2.05, 4.69) is 0 Å². The Morgan fingerprint density at radius 3 is 2.00 bits per heavy atom. The fourth-order valence-electron chi connectivity index (χ4n) is 1.46. The lowest BCUT2D eigenvalue weighted by Gasteiger charge is -2.27. The molecule has 96 valence electrons. The summed E-state index contributed by atoms with van der Waals surface area (Å²) in [5, 5.41) is 7.33. The molecular formula is C10H21NO4S. The van der Waals surface area contributed by atoms with Gasteiger partial charge in [-0.2, -0.15) is 0 Å². The number of carboxylic acids is 1. The van der Waals surface area contributed by atoms with E-state index in [4.69, 9.17) is 5.11 Å². The molecule has 0 saturated carbocycles. The second-order valence-corrected chi connectivity index (χ2v) is 6.83. The molecule has 0 amide bonds. The zero-order valence-electron chi connectivity index (χ0n) is 10.5. The van der Waals surface area contributed by atoms with E-state index in [-0.39, 0.29) is 6.04 Å². The molecule has 1 N–H and O–H groups in total. The molecule has 6 heteroatoms. The first-order chi connectivity index (χ1) is 7.10. The molecule has 0 heterocycles. The number of carboxylic acid groups (broad SMARTS) is 1. The van der Waals surface area contributed by atoms with Gasteiger partial charge < -0.3 is 5.11 Å². The zero-order valence-corrected chi connectivity index (χ0v) is 11.3. The summed E-state index contributed by atoms with van der Waals surface area (Å²) in [4.78, 5) is 10.7. The highest BCUT2D eigenvalue weighted by molar-refractivity contribution is 7.90. The predicted molar refractivity (Wildman–Crippen MR) is 62.7 cm³/mol. The lowest BCUT2D eigenvalue weighted by atomic mass is 10.1.